The van der Waals surface area contributed by atoms with Gasteiger partial charge in [0.25, 0.3) is 19.1 Å². The fraction of sp³-hybridized carbons (Fsp3) is 0.0667. The van der Waals surface area contributed by atoms with Crippen LogP contribution >= 0.6 is 10.7 Å². The van der Waals surface area contributed by atoms with Gasteiger partial charge in [-0.1, -0.05) is 36.4 Å². The molecule has 4 heterocycles. The van der Waals surface area contributed by atoms with Crippen molar-refractivity contribution in [2.75, 3.05) is 10.5 Å². The summed E-state index contributed by atoms with van der Waals surface area (Å²) in [6.45, 7) is 1.29. The van der Waals surface area contributed by atoms with Crippen molar-refractivity contribution in [2.45, 2.75) is 22.9 Å². The lowest BCUT2D eigenvalue weighted by Crippen LogP contribution is -2.13. The molecule has 0 unspecified atom stereocenters. The largest absolute Gasteiger partial charge is 0.382 e. The highest BCUT2D eigenvalue weighted by Crippen LogP contribution is 2.14. The highest BCUT2D eigenvalue weighted by atomic mass is 35.7. The number of hydrogen-bond acceptors (Lipinski definition) is 9. The summed E-state index contributed by atoms with van der Waals surface area (Å²) in [6.07, 6.45) is 10.5. The predicted octanol–water partition coefficient (Wildman–Crippen LogP) is 4.65. The van der Waals surface area contributed by atoms with Crippen LogP contribution in [0.15, 0.2) is 144 Å². The van der Waals surface area contributed by atoms with Gasteiger partial charge in [-0.3, -0.25) is 24.1 Å². The van der Waals surface area contributed by atoms with E-state index in [2.05, 4.69) is 24.9 Å². The Morgan fingerprint density at radius 2 is 1.09 bits per heavy atom. The van der Waals surface area contributed by atoms with E-state index in [0.717, 1.165) is 17.7 Å². The Labute approximate surface area is 265 Å². The molecule has 0 aliphatic heterocycles. The normalized spacial score (nSPS) is 11.0. The van der Waals surface area contributed by atoms with E-state index in [1.54, 1.807) is 88.9 Å². The molecule has 2 aromatic carbocycles. The zero-order chi connectivity index (χ0) is 32.1. The summed E-state index contributed by atoms with van der Waals surface area (Å²) in [4.78, 5) is 8.23. The second kappa shape index (κ2) is 15.6. The molecule has 0 aliphatic rings. The van der Waals surface area contributed by atoms with Gasteiger partial charge in [0.15, 0.2) is 5.82 Å². The Kier molecular flexibility index (Phi) is 11.4. The van der Waals surface area contributed by atoms with Crippen LogP contribution in [-0.4, -0.2) is 46.4 Å². The molecule has 4 aromatic heterocycles. The molecule has 6 aromatic rings. The number of pyridine rings is 2. The molecule has 0 amide bonds. The number of hydrogen-bond donors (Lipinski definition) is 2. The van der Waals surface area contributed by atoms with Gasteiger partial charge in [0.05, 0.1) is 22.9 Å². The van der Waals surface area contributed by atoms with Crippen molar-refractivity contribution in [1.29, 1.82) is 0 Å². The Balaban J connectivity index is 0.000000170. The lowest BCUT2D eigenvalue weighted by Gasteiger charge is -2.05. The average molecular weight is 665 g/mol. The number of rotatable bonds is 8. The minimum absolute atomic E-state index is 0.136. The number of nitrogens with zero attached hydrogens (tertiary/aromatic N) is 6. The number of nitrogens with two attached hydrogens (primary N) is 1. The molecule has 0 saturated carbocycles. The molecular weight excluding hydrogens is 636 g/mol. The first-order valence-electron chi connectivity index (χ1n) is 13.3. The van der Waals surface area contributed by atoms with Crippen molar-refractivity contribution in [3.05, 3.63) is 145 Å². The van der Waals surface area contributed by atoms with Gasteiger partial charge >= 0.3 is 0 Å². The Morgan fingerprint density at radius 1 is 0.622 bits per heavy atom. The minimum atomic E-state index is -3.61. The Hall–Kier alpha value is -5.05. The molecule has 0 fully saturated rings. The number of halogens is 1. The van der Waals surface area contributed by atoms with Crippen LogP contribution in [0.25, 0.3) is 0 Å². The Bertz CT molecular complexity index is 1980. The van der Waals surface area contributed by atoms with Crippen molar-refractivity contribution >= 4 is 41.4 Å². The van der Waals surface area contributed by atoms with Crippen LogP contribution in [0.3, 0.4) is 0 Å². The molecule has 0 spiro atoms. The maximum atomic E-state index is 12.2. The number of nitrogen functional groups attached to an aromatic ring is 1. The summed E-state index contributed by atoms with van der Waals surface area (Å²) in [5.41, 5.74) is 7.69. The van der Waals surface area contributed by atoms with Crippen LogP contribution in [-0.2, 0) is 32.2 Å². The van der Waals surface area contributed by atoms with E-state index < -0.39 is 19.1 Å². The lowest BCUT2D eigenvalue weighted by atomic mass is 10.3. The zero-order valence-electron chi connectivity index (χ0n) is 23.7. The molecule has 12 nitrogen and oxygen atoms in total. The zero-order valence-corrected chi connectivity index (χ0v) is 26.1. The molecule has 15 heteroatoms. The van der Waals surface area contributed by atoms with E-state index in [1.807, 2.05) is 30.5 Å². The van der Waals surface area contributed by atoms with Crippen molar-refractivity contribution in [1.82, 2.24) is 29.5 Å². The third-order valence-electron chi connectivity index (χ3n) is 5.81. The Morgan fingerprint density at radius 3 is 1.53 bits per heavy atom. The van der Waals surface area contributed by atoms with E-state index >= 15 is 0 Å². The quantitative estimate of drug-likeness (QED) is 0.220. The molecule has 0 saturated heterocycles. The van der Waals surface area contributed by atoms with Crippen molar-refractivity contribution in [3.8, 4) is 0 Å². The second-order valence-corrected chi connectivity index (χ2v) is 13.5. The number of aromatic nitrogens is 6. The van der Waals surface area contributed by atoms with E-state index in [1.165, 1.54) is 24.3 Å². The first kappa shape index (κ1) is 32.9. The van der Waals surface area contributed by atoms with Gasteiger partial charge in [-0.15, -0.1) is 0 Å². The summed E-state index contributed by atoms with van der Waals surface area (Å²) in [7, 11) is -2.11. The first-order valence-corrected chi connectivity index (χ1v) is 17.1. The standard InChI is InChI=1S/C15H14N4O2S.C9H10N4.C6H5ClO2S/c20-22(21,14-4-2-1-3-5-14)18-15-8-11-19(17-15)12-13-6-9-16-10-7-13;10-9-3-6-13(12-9)7-8-1-4-11-5-2-8;7-10(8,9)6-4-2-1-3-5-6/h1-11H,12H2,(H,17,18);1-6H,7H2,(H2,10,12);1-5H. The van der Waals surface area contributed by atoms with Gasteiger partial charge in [-0.2, -0.15) is 10.2 Å². The van der Waals surface area contributed by atoms with Gasteiger partial charge < -0.3 is 5.73 Å². The summed E-state index contributed by atoms with van der Waals surface area (Å²) >= 11 is 0. The van der Waals surface area contributed by atoms with Gasteiger partial charge in [0, 0.05) is 53.9 Å². The van der Waals surface area contributed by atoms with E-state index in [-0.39, 0.29) is 15.6 Å². The van der Waals surface area contributed by atoms with Crippen molar-refractivity contribution in [2.24, 2.45) is 0 Å². The molecule has 232 valence electrons. The number of sulfonamides is 1. The third kappa shape index (κ3) is 10.9. The summed E-state index contributed by atoms with van der Waals surface area (Å²) in [6, 6.07) is 27.1. The number of anilines is 2. The lowest BCUT2D eigenvalue weighted by molar-refractivity contribution is 0.600. The highest BCUT2D eigenvalue weighted by Gasteiger charge is 2.15. The number of benzene rings is 2. The third-order valence-corrected chi connectivity index (χ3v) is 8.55. The van der Waals surface area contributed by atoms with E-state index in [4.69, 9.17) is 16.4 Å². The molecule has 3 N–H and O–H groups in total. The van der Waals surface area contributed by atoms with Crippen molar-refractivity contribution < 1.29 is 16.8 Å². The molecule has 6 rings (SSSR count). The predicted molar refractivity (Wildman–Crippen MR) is 172 cm³/mol. The van der Waals surface area contributed by atoms with Gasteiger partial charge in [0.1, 0.15) is 5.82 Å². The van der Waals surface area contributed by atoms with Crippen LogP contribution in [0.5, 0.6) is 0 Å². The van der Waals surface area contributed by atoms with Gasteiger partial charge in [-0.05, 0) is 65.7 Å². The maximum Gasteiger partial charge on any atom is 0.263 e. The second-order valence-electron chi connectivity index (χ2n) is 9.22. The molecule has 0 atom stereocenters. The molecular formula is C30H29ClN8O4S2. The van der Waals surface area contributed by atoms with Crippen LogP contribution in [0.4, 0.5) is 11.6 Å². The van der Waals surface area contributed by atoms with Crippen LogP contribution in [0.1, 0.15) is 11.1 Å². The molecule has 0 bridgehead atoms. The highest BCUT2D eigenvalue weighted by molar-refractivity contribution is 8.13. The molecule has 45 heavy (non-hydrogen) atoms. The molecule has 0 aliphatic carbocycles. The van der Waals surface area contributed by atoms with Crippen LogP contribution < -0.4 is 10.5 Å². The fourth-order valence-corrected chi connectivity index (χ4v) is 5.51. The van der Waals surface area contributed by atoms with Gasteiger partial charge in [-0.25, -0.2) is 16.8 Å². The minimum Gasteiger partial charge on any atom is -0.382 e. The first-order chi connectivity index (χ1) is 21.6. The molecule has 0 radical (unpaired) electrons. The topological polar surface area (TPSA) is 168 Å². The summed E-state index contributed by atoms with van der Waals surface area (Å²) < 4.78 is 51.5. The fourth-order valence-electron chi connectivity index (χ4n) is 3.70. The monoisotopic (exact) mass is 664 g/mol. The van der Waals surface area contributed by atoms with Crippen molar-refractivity contribution in [3.63, 3.8) is 0 Å². The average Bonchev–Trinajstić information content (AvgIpc) is 3.66. The van der Waals surface area contributed by atoms with Crippen LogP contribution in [0, 0.1) is 0 Å². The van der Waals surface area contributed by atoms with Gasteiger partial charge in [0.2, 0.25) is 0 Å². The number of nitrogens with one attached hydrogen (secondary N) is 1. The van der Waals surface area contributed by atoms with E-state index in [0.29, 0.717) is 12.4 Å². The summed E-state index contributed by atoms with van der Waals surface area (Å²) in [5.74, 6) is 0.840. The smallest absolute Gasteiger partial charge is 0.263 e. The maximum absolute atomic E-state index is 12.2. The van der Waals surface area contributed by atoms with E-state index in [9.17, 15) is 16.8 Å². The SMILES string of the molecule is Nc1ccn(Cc2ccncc2)n1.O=S(=O)(Cl)c1ccccc1.O=S(=O)(Nc1ccn(Cc2ccncc2)n1)c1ccccc1. The van der Waals surface area contributed by atoms with Crippen LogP contribution in [0.2, 0.25) is 0 Å². The summed E-state index contributed by atoms with van der Waals surface area (Å²) in [5, 5.41) is 8.30.